The third-order valence-corrected chi connectivity index (χ3v) is 7.59. The number of nitrogens with zero attached hydrogens (tertiary/aromatic N) is 2. The highest BCUT2D eigenvalue weighted by Gasteiger charge is 2.74. The van der Waals surface area contributed by atoms with E-state index in [0.717, 1.165) is 11.3 Å². The van der Waals surface area contributed by atoms with Crippen LogP contribution in [-0.4, -0.2) is 47.8 Å². The Morgan fingerprint density at radius 2 is 1.91 bits per heavy atom. The Kier molecular flexibility index (Phi) is 4.44. The average Bonchev–Trinajstić information content (AvgIpc) is 3.53. The van der Waals surface area contributed by atoms with Crippen molar-refractivity contribution in [3.05, 3.63) is 59.4 Å². The van der Waals surface area contributed by atoms with Gasteiger partial charge in [0.25, 0.3) is 0 Å². The summed E-state index contributed by atoms with van der Waals surface area (Å²) in [5.74, 6) is -3.92. The first-order valence-electron chi connectivity index (χ1n) is 11.4. The minimum atomic E-state index is -1.42. The molecule has 1 spiro atoms. The van der Waals surface area contributed by atoms with E-state index in [1.54, 1.807) is 6.92 Å². The Labute approximate surface area is 194 Å². The number of esters is 1. The zero-order valence-electron chi connectivity index (χ0n) is 18.4. The molecule has 3 fully saturated rings. The van der Waals surface area contributed by atoms with Crippen LogP contribution in [-0.2, 0) is 24.7 Å². The molecule has 0 aliphatic carbocycles. The quantitative estimate of drug-likeness (QED) is 0.555. The molecule has 4 atom stereocenters. The molecule has 8 nitrogen and oxygen atoms in total. The standard InChI is InChI=1S/C25H22FN3O5/c1-2-34-23(32)13-5-8-15(9-6-13)29-21(30)19-18-4-3-11-28(18)25(20(19)22(29)31)16-12-14(26)7-10-17(16)27-24(25)33/h5-10,12,18-20H,2-4,11H2,1H3,(H,27,33)/t18-,19+,20-,25+/m0/s1. The monoisotopic (exact) mass is 463 g/mol. The molecule has 0 radical (unpaired) electrons. The van der Waals surface area contributed by atoms with Crippen LogP contribution < -0.4 is 10.2 Å². The van der Waals surface area contributed by atoms with Gasteiger partial charge in [-0.3, -0.25) is 19.3 Å². The number of anilines is 2. The SMILES string of the molecule is CCOC(=O)c1ccc(N2C(=O)[C@H]3[C@@H](C2=O)[C@]2(C(=O)Nc4ccc(F)cc42)N2CCC[C@@H]32)cc1. The molecule has 1 N–H and O–H groups in total. The van der Waals surface area contributed by atoms with Gasteiger partial charge in [0.1, 0.15) is 11.4 Å². The van der Waals surface area contributed by atoms with E-state index in [9.17, 15) is 23.6 Å². The fourth-order valence-electron chi connectivity index (χ4n) is 6.39. The van der Waals surface area contributed by atoms with E-state index in [0.29, 0.717) is 35.5 Å². The van der Waals surface area contributed by atoms with Crippen LogP contribution in [0, 0.1) is 17.7 Å². The molecule has 174 valence electrons. The summed E-state index contributed by atoms with van der Waals surface area (Å²) in [6.07, 6.45) is 1.46. The minimum Gasteiger partial charge on any atom is -0.462 e. The summed E-state index contributed by atoms with van der Waals surface area (Å²) in [5.41, 5.74) is 0.0981. The molecule has 3 saturated heterocycles. The molecule has 34 heavy (non-hydrogen) atoms. The highest BCUT2D eigenvalue weighted by molar-refractivity contribution is 6.25. The van der Waals surface area contributed by atoms with Crippen LogP contribution in [0.25, 0.3) is 0 Å². The molecule has 4 heterocycles. The lowest BCUT2D eigenvalue weighted by molar-refractivity contribution is -0.135. The van der Waals surface area contributed by atoms with Crippen LogP contribution in [0.2, 0.25) is 0 Å². The van der Waals surface area contributed by atoms with Gasteiger partial charge in [-0.15, -0.1) is 0 Å². The zero-order valence-corrected chi connectivity index (χ0v) is 18.4. The van der Waals surface area contributed by atoms with Crippen molar-refractivity contribution in [3.8, 4) is 0 Å². The first-order valence-corrected chi connectivity index (χ1v) is 11.4. The Hall–Kier alpha value is -3.59. The van der Waals surface area contributed by atoms with Gasteiger partial charge in [-0.1, -0.05) is 0 Å². The number of hydrogen-bond acceptors (Lipinski definition) is 6. The third kappa shape index (κ3) is 2.50. The van der Waals surface area contributed by atoms with E-state index in [1.807, 2.05) is 4.90 Å². The maximum Gasteiger partial charge on any atom is 0.338 e. The topological polar surface area (TPSA) is 96.0 Å². The molecule has 0 saturated carbocycles. The van der Waals surface area contributed by atoms with Crippen molar-refractivity contribution in [1.82, 2.24) is 4.90 Å². The minimum absolute atomic E-state index is 0.233. The molecule has 2 aromatic carbocycles. The van der Waals surface area contributed by atoms with Crippen molar-refractivity contribution in [1.29, 1.82) is 0 Å². The van der Waals surface area contributed by atoms with Crippen molar-refractivity contribution >= 4 is 35.1 Å². The summed E-state index contributed by atoms with van der Waals surface area (Å²) in [5, 5.41) is 2.82. The van der Waals surface area contributed by atoms with E-state index >= 15 is 0 Å². The first-order chi connectivity index (χ1) is 16.4. The third-order valence-electron chi connectivity index (χ3n) is 7.59. The molecule has 4 aliphatic rings. The van der Waals surface area contributed by atoms with Crippen molar-refractivity contribution in [2.45, 2.75) is 31.3 Å². The number of amides is 3. The second kappa shape index (κ2) is 7.20. The van der Waals surface area contributed by atoms with Gasteiger partial charge in [0.05, 0.1) is 29.7 Å². The number of nitrogens with one attached hydrogen (secondary N) is 1. The fourth-order valence-corrected chi connectivity index (χ4v) is 6.39. The number of ether oxygens (including phenoxy) is 1. The largest absolute Gasteiger partial charge is 0.462 e. The van der Waals surface area contributed by atoms with Gasteiger partial charge in [-0.05, 0) is 68.8 Å². The number of hydrogen-bond donors (Lipinski definition) is 1. The van der Waals surface area contributed by atoms with Crippen LogP contribution in [0.4, 0.5) is 15.8 Å². The zero-order chi connectivity index (χ0) is 23.8. The molecule has 0 unspecified atom stereocenters. The predicted octanol–water partition coefficient (Wildman–Crippen LogP) is 2.43. The number of imide groups is 1. The summed E-state index contributed by atoms with van der Waals surface area (Å²) in [6.45, 7) is 2.49. The molecular weight excluding hydrogens is 441 g/mol. The summed E-state index contributed by atoms with van der Waals surface area (Å²) in [7, 11) is 0. The molecule has 9 heteroatoms. The molecule has 4 aliphatic heterocycles. The number of rotatable bonds is 3. The molecular formula is C25H22FN3O5. The van der Waals surface area contributed by atoms with Crippen molar-refractivity contribution in [3.63, 3.8) is 0 Å². The maximum absolute atomic E-state index is 14.3. The van der Waals surface area contributed by atoms with E-state index in [2.05, 4.69) is 5.32 Å². The molecule has 2 aromatic rings. The van der Waals surface area contributed by atoms with E-state index in [-0.39, 0.29) is 18.6 Å². The van der Waals surface area contributed by atoms with Gasteiger partial charge in [-0.2, -0.15) is 0 Å². The molecule has 3 amide bonds. The number of benzene rings is 2. The van der Waals surface area contributed by atoms with Crippen LogP contribution in [0.3, 0.4) is 0 Å². The number of fused-ring (bicyclic) bond motifs is 7. The van der Waals surface area contributed by atoms with Crippen LogP contribution in [0.5, 0.6) is 0 Å². The van der Waals surface area contributed by atoms with Gasteiger partial charge in [0, 0.05) is 17.3 Å². The van der Waals surface area contributed by atoms with Gasteiger partial charge < -0.3 is 10.1 Å². The van der Waals surface area contributed by atoms with Crippen molar-refractivity contribution in [2.24, 2.45) is 11.8 Å². The highest BCUT2D eigenvalue weighted by Crippen LogP contribution is 2.60. The smallest absolute Gasteiger partial charge is 0.338 e. The highest BCUT2D eigenvalue weighted by atomic mass is 19.1. The maximum atomic E-state index is 14.3. The summed E-state index contributed by atoms with van der Waals surface area (Å²) in [4.78, 5) is 56.1. The predicted molar refractivity (Wildman–Crippen MR) is 118 cm³/mol. The van der Waals surface area contributed by atoms with Crippen LogP contribution >= 0.6 is 0 Å². The van der Waals surface area contributed by atoms with E-state index < -0.39 is 41.0 Å². The molecule has 0 aromatic heterocycles. The summed E-state index contributed by atoms with van der Waals surface area (Å²) in [6, 6.07) is 9.87. The second-order valence-corrected chi connectivity index (χ2v) is 9.10. The Balaban J connectivity index is 1.45. The number of carbonyl (C=O) groups excluding carboxylic acids is 4. The van der Waals surface area contributed by atoms with E-state index in [1.165, 1.54) is 42.5 Å². The van der Waals surface area contributed by atoms with Crippen molar-refractivity contribution < 1.29 is 28.3 Å². The fraction of sp³-hybridized carbons (Fsp3) is 0.360. The van der Waals surface area contributed by atoms with E-state index in [4.69, 9.17) is 4.74 Å². The van der Waals surface area contributed by atoms with Crippen LogP contribution in [0.1, 0.15) is 35.7 Å². The Bertz CT molecular complexity index is 1260. The number of halogens is 1. The molecule has 6 rings (SSSR count). The lowest BCUT2D eigenvalue weighted by Gasteiger charge is -2.36. The molecule has 0 bridgehead atoms. The summed E-state index contributed by atoms with van der Waals surface area (Å²) < 4.78 is 19.3. The average molecular weight is 463 g/mol. The lowest BCUT2D eigenvalue weighted by Crippen LogP contribution is -2.54. The van der Waals surface area contributed by atoms with Gasteiger partial charge >= 0.3 is 5.97 Å². The summed E-state index contributed by atoms with van der Waals surface area (Å²) >= 11 is 0. The Morgan fingerprint density at radius 1 is 1.15 bits per heavy atom. The number of carbonyl (C=O) groups is 4. The van der Waals surface area contributed by atoms with Crippen LogP contribution in [0.15, 0.2) is 42.5 Å². The van der Waals surface area contributed by atoms with Gasteiger partial charge in [0.15, 0.2) is 0 Å². The Morgan fingerprint density at radius 3 is 2.65 bits per heavy atom. The first kappa shape index (κ1) is 21.0. The van der Waals surface area contributed by atoms with Gasteiger partial charge in [-0.25, -0.2) is 14.1 Å². The lowest BCUT2D eigenvalue weighted by atomic mass is 9.75. The van der Waals surface area contributed by atoms with Gasteiger partial charge in [0.2, 0.25) is 17.7 Å². The normalized spacial score (nSPS) is 29.4. The second-order valence-electron chi connectivity index (χ2n) is 9.10. The van der Waals surface area contributed by atoms with Crippen molar-refractivity contribution in [2.75, 3.05) is 23.4 Å².